The van der Waals surface area contributed by atoms with Crippen LogP contribution in [0.1, 0.15) is 30.9 Å². The van der Waals surface area contributed by atoms with Crippen LogP contribution >= 0.6 is 0 Å². The average molecular weight is 461 g/mol. The molecule has 0 aliphatic rings. The maximum atomic E-state index is 12.2. The van der Waals surface area contributed by atoms with Crippen LogP contribution in [0.15, 0.2) is 72.8 Å². The number of benzene rings is 3. The molecule has 34 heavy (non-hydrogen) atoms. The molecule has 0 aliphatic carbocycles. The fourth-order valence-electron chi connectivity index (χ4n) is 3.20. The third-order valence-electron chi connectivity index (χ3n) is 5.05. The number of ether oxygens (including phenoxy) is 2. The van der Waals surface area contributed by atoms with Crippen LogP contribution in [0.25, 0.3) is 0 Å². The number of amides is 2. The summed E-state index contributed by atoms with van der Waals surface area (Å²) in [5.74, 6) is 0.0466. The molecule has 7 nitrogen and oxygen atoms in total. The van der Waals surface area contributed by atoms with Gasteiger partial charge in [0.15, 0.2) is 6.61 Å². The number of esters is 1. The van der Waals surface area contributed by atoms with Crippen LogP contribution in [0.5, 0.6) is 11.5 Å². The number of rotatable bonds is 10. The van der Waals surface area contributed by atoms with E-state index in [4.69, 9.17) is 9.47 Å². The van der Waals surface area contributed by atoms with Gasteiger partial charge in [-0.15, -0.1) is 0 Å². The van der Waals surface area contributed by atoms with Crippen LogP contribution in [0, 0.1) is 6.92 Å². The molecule has 0 atom stereocenters. The van der Waals surface area contributed by atoms with Gasteiger partial charge >= 0.3 is 5.97 Å². The van der Waals surface area contributed by atoms with Crippen molar-refractivity contribution < 1.29 is 23.9 Å². The Morgan fingerprint density at radius 3 is 2.24 bits per heavy atom. The van der Waals surface area contributed by atoms with E-state index in [9.17, 15) is 14.4 Å². The quantitative estimate of drug-likeness (QED) is 0.403. The predicted molar refractivity (Wildman–Crippen MR) is 131 cm³/mol. The summed E-state index contributed by atoms with van der Waals surface area (Å²) < 4.78 is 10.8. The number of carbonyl (C=O) groups is 3. The maximum absolute atomic E-state index is 12.2. The Hall–Kier alpha value is -4.13. The number of anilines is 2. The maximum Gasteiger partial charge on any atom is 0.306 e. The summed E-state index contributed by atoms with van der Waals surface area (Å²) in [4.78, 5) is 36.1. The van der Waals surface area contributed by atoms with Crippen molar-refractivity contribution in [1.82, 2.24) is 0 Å². The van der Waals surface area contributed by atoms with Crippen LogP contribution in [0.2, 0.25) is 0 Å². The molecule has 0 heterocycles. The zero-order valence-electron chi connectivity index (χ0n) is 19.3. The lowest BCUT2D eigenvalue weighted by molar-refractivity contribution is -0.147. The lowest BCUT2D eigenvalue weighted by atomic mass is 10.1. The van der Waals surface area contributed by atoms with Crippen LogP contribution in [-0.2, 0) is 25.5 Å². The van der Waals surface area contributed by atoms with Crippen molar-refractivity contribution in [1.29, 1.82) is 0 Å². The fourth-order valence-corrected chi connectivity index (χ4v) is 3.20. The predicted octanol–water partition coefficient (Wildman–Crippen LogP) is 5.25. The third kappa shape index (κ3) is 7.48. The Morgan fingerprint density at radius 1 is 0.794 bits per heavy atom. The van der Waals surface area contributed by atoms with E-state index >= 15 is 0 Å². The number of aryl methyl sites for hydroxylation is 2. The van der Waals surface area contributed by atoms with Gasteiger partial charge in [0.1, 0.15) is 11.5 Å². The highest BCUT2D eigenvalue weighted by molar-refractivity contribution is 5.94. The Morgan fingerprint density at radius 2 is 1.50 bits per heavy atom. The summed E-state index contributed by atoms with van der Waals surface area (Å²) in [5.41, 5.74) is 3.30. The minimum atomic E-state index is -0.615. The molecule has 0 spiro atoms. The van der Waals surface area contributed by atoms with Crippen molar-refractivity contribution in [3.8, 4) is 11.5 Å². The Labute approximate surface area is 199 Å². The number of carbonyl (C=O) groups excluding carboxylic acids is 3. The highest BCUT2D eigenvalue weighted by Crippen LogP contribution is 2.25. The SMILES string of the molecule is CCc1ccccc1NC(=O)COC(=O)CCC(=O)Nc1ccc(Oc2ccccc2C)cc1. The number of nitrogens with one attached hydrogen (secondary N) is 2. The molecular weight excluding hydrogens is 432 g/mol. The van der Waals surface area contributed by atoms with E-state index in [0.717, 1.165) is 23.3 Å². The van der Waals surface area contributed by atoms with Crippen molar-refractivity contribution >= 4 is 29.2 Å². The van der Waals surface area contributed by atoms with Gasteiger partial charge in [0.2, 0.25) is 5.91 Å². The Kier molecular flexibility index (Phi) is 8.80. The van der Waals surface area contributed by atoms with Gasteiger partial charge in [-0.05, 0) is 60.9 Å². The molecule has 2 amide bonds. The molecule has 176 valence electrons. The molecule has 3 aromatic rings. The minimum absolute atomic E-state index is 0.0550. The molecule has 0 aliphatic heterocycles. The molecule has 3 aromatic carbocycles. The largest absolute Gasteiger partial charge is 0.457 e. The molecule has 7 heteroatoms. The second kappa shape index (κ2) is 12.2. The summed E-state index contributed by atoms with van der Waals surface area (Å²) in [5, 5.41) is 5.46. The van der Waals surface area contributed by atoms with Crippen molar-refractivity contribution in [2.75, 3.05) is 17.2 Å². The lowest BCUT2D eigenvalue weighted by Crippen LogP contribution is -2.22. The number of hydrogen-bond acceptors (Lipinski definition) is 5. The van der Waals surface area contributed by atoms with Gasteiger partial charge in [0, 0.05) is 17.8 Å². The third-order valence-corrected chi connectivity index (χ3v) is 5.05. The normalized spacial score (nSPS) is 10.3. The first-order valence-electron chi connectivity index (χ1n) is 11.1. The highest BCUT2D eigenvalue weighted by Gasteiger charge is 2.12. The van der Waals surface area contributed by atoms with E-state index in [2.05, 4.69) is 10.6 Å². The first kappa shape index (κ1) is 24.5. The average Bonchev–Trinajstić information content (AvgIpc) is 2.84. The van der Waals surface area contributed by atoms with E-state index in [0.29, 0.717) is 17.1 Å². The monoisotopic (exact) mass is 460 g/mol. The van der Waals surface area contributed by atoms with Gasteiger partial charge in [-0.2, -0.15) is 0 Å². The molecule has 2 N–H and O–H groups in total. The molecule has 0 aromatic heterocycles. The van der Waals surface area contributed by atoms with Crippen molar-refractivity contribution in [3.63, 3.8) is 0 Å². The first-order valence-corrected chi connectivity index (χ1v) is 11.1. The van der Waals surface area contributed by atoms with E-state index < -0.39 is 18.5 Å². The van der Waals surface area contributed by atoms with Crippen LogP contribution in [-0.4, -0.2) is 24.4 Å². The fraction of sp³-hybridized carbons (Fsp3) is 0.222. The summed E-state index contributed by atoms with van der Waals surface area (Å²) in [6.45, 7) is 3.55. The van der Waals surface area contributed by atoms with Gasteiger partial charge in [-0.3, -0.25) is 14.4 Å². The van der Waals surface area contributed by atoms with E-state index in [1.54, 1.807) is 30.3 Å². The standard InChI is InChI=1S/C27H28N2O5/c1-3-20-9-5-6-10-23(20)29-26(31)18-33-27(32)17-16-25(30)28-21-12-14-22(15-13-21)34-24-11-7-4-8-19(24)2/h4-15H,3,16-18H2,1-2H3,(H,28,30)(H,29,31). The molecular formula is C27H28N2O5. The van der Waals surface area contributed by atoms with Gasteiger partial charge < -0.3 is 20.1 Å². The lowest BCUT2D eigenvalue weighted by Gasteiger charge is -2.10. The molecule has 0 unspecified atom stereocenters. The van der Waals surface area contributed by atoms with Gasteiger partial charge in [0.05, 0.1) is 6.42 Å². The number of hydrogen-bond donors (Lipinski definition) is 2. The van der Waals surface area contributed by atoms with Gasteiger partial charge in [-0.1, -0.05) is 43.3 Å². The minimum Gasteiger partial charge on any atom is -0.457 e. The van der Waals surface area contributed by atoms with Gasteiger partial charge in [-0.25, -0.2) is 0 Å². The van der Waals surface area contributed by atoms with E-state index in [-0.39, 0.29) is 18.7 Å². The molecule has 0 radical (unpaired) electrons. The summed E-state index contributed by atoms with van der Waals surface area (Å²) >= 11 is 0. The van der Waals surface area contributed by atoms with Crippen LogP contribution < -0.4 is 15.4 Å². The summed E-state index contributed by atoms with van der Waals surface area (Å²) in [7, 11) is 0. The van der Waals surface area contributed by atoms with Crippen molar-refractivity contribution in [3.05, 3.63) is 83.9 Å². The van der Waals surface area contributed by atoms with E-state index in [1.807, 2.05) is 56.3 Å². The topological polar surface area (TPSA) is 93.7 Å². The van der Waals surface area contributed by atoms with Crippen molar-refractivity contribution in [2.24, 2.45) is 0 Å². The second-order valence-corrected chi connectivity index (χ2v) is 7.66. The van der Waals surface area contributed by atoms with Crippen molar-refractivity contribution in [2.45, 2.75) is 33.1 Å². The first-order chi connectivity index (χ1) is 16.4. The Balaban J connectivity index is 1.38. The molecule has 0 fully saturated rings. The summed E-state index contributed by atoms with van der Waals surface area (Å²) in [6, 6.07) is 22.1. The molecule has 0 bridgehead atoms. The van der Waals surface area contributed by atoms with Gasteiger partial charge in [0.25, 0.3) is 5.91 Å². The summed E-state index contributed by atoms with van der Waals surface area (Å²) in [6.07, 6.45) is 0.591. The number of para-hydroxylation sites is 2. The zero-order chi connectivity index (χ0) is 24.3. The molecule has 3 rings (SSSR count). The second-order valence-electron chi connectivity index (χ2n) is 7.66. The highest BCUT2D eigenvalue weighted by atomic mass is 16.5. The smallest absolute Gasteiger partial charge is 0.306 e. The Bertz CT molecular complexity index is 1140. The van der Waals surface area contributed by atoms with E-state index in [1.165, 1.54) is 0 Å². The van der Waals surface area contributed by atoms with Crippen LogP contribution in [0.4, 0.5) is 11.4 Å². The zero-order valence-corrected chi connectivity index (χ0v) is 19.3. The van der Waals surface area contributed by atoms with Crippen LogP contribution in [0.3, 0.4) is 0 Å². The molecule has 0 saturated heterocycles. The molecule has 0 saturated carbocycles.